The first-order valence-corrected chi connectivity index (χ1v) is 7.62. The van der Waals surface area contributed by atoms with Gasteiger partial charge >= 0.3 is 0 Å². The van der Waals surface area contributed by atoms with Gasteiger partial charge < -0.3 is 9.15 Å². The van der Waals surface area contributed by atoms with E-state index in [9.17, 15) is 4.79 Å². The molecule has 0 N–H and O–H groups in total. The van der Waals surface area contributed by atoms with Crippen LogP contribution >= 0.6 is 0 Å². The van der Waals surface area contributed by atoms with Crippen LogP contribution in [0.1, 0.15) is 30.3 Å². The van der Waals surface area contributed by atoms with Crippen LogP contribution in [0.2, 0.25) is 0 Å². The second-order valence-electron chi connectivity index (χ2n) is 5.50. The molecule has 112 valence electrons. The number of piperidine rings is 1. The maximum absolute atomic E-state index is 12.3. The van der Waals surface area contributed by atoms with Crippen LogP contribution in [0.3, 0.4) is 0 Å². The minimum atomic E-state index is 0.0565. The Hall–Kier alpha value is -1.65. The van der Waals surface area contributed by atoms with E-state index in [0.29, 0.717) is 18.4 Å². The summed E-state index contributed by atoms with van der Waals surface area (Å²) < 4.78 is 11.3. The van der Waals surface area contributed by atoms with Gasteiger partial charge in [0.2, 0.25) is 5.78 Å². The quantitative estimate of drug-likeness (QED) is 0.792. The molecule has 0 bridgehead atoms. The number of likely N-dealkylation sites (tertiary alicyclic amines) is 1. The van der Waals surface area contributed by atoms with Crippen molar-refractivity contribution in [3.63, 3.8) is 0 Å². The van der Waals surface area contributed by atoms with E-state index >= 15 is 0 Å². The van der Waals surface area contributed by atoms with Crippen molar-refractivity contribution in [3.8, 4) is 0 Å². The van der Waals surface area contributed by atoms with Gasteiger partial charge in [-0.25, -0.2) is 0 Å². The van der Waals surface area contributed by atoms with Gasteiger partial charge in [-0.3, -0.25) is 9.69 Å². The molecule has 1 aliphatic rings. The molecule has 0 radical (unpaired) electrons. The van der Waals surface area contributed by atoms with Gasteiger partial charge in [-0.15, -0.1) is 0 Å². The summed E-state index contributed by atoms with van der Waals surface area (Å²) >= 11 is 0. The summed E-state index contributed by atoms with van der Waals surface area (Å²) in [5.41, 5.74) is 0.774. The summed E-state index contributed by atoms with van der Waals surface area (Å²) in [6, 6.07) is 9.55. The molecule has 3 rings (SSSR count). The Morgan fingerprint density at radius 2 is 2.10 bits per heavy atom. The van der Waals surface area contributed by atoms with Gasteiger partial charge in [0.15, 0.2) is 5.76 Å². The lowest BCUT2D eigenvalue weighted by atomic mass is 10.1. The molecule has 2 heterocycles. The number of hydrogen-bond acceptors (Lipinski definition) is 4. The zero-order valence-electron chi connectivity index (χ0n) is 12.4. The molecular weight excluding hydrogens is 266 g/mol. The summed E-state index contributed by atoms with van der Waals surface area (Å²) in [7, 11) is 0. The zero-order valence-corrected chi connectivity index (χ0v) is 12.4. The number of ether oxygens (including phenoxy) is 1. The highest BCUT2D eigenvalue weighted by molar-refractivity contribution is 5.98. The lowest BCUT2D eigenvalue weighted by Crippen LogP contribution is -2.39. The fourth-order valence-electron chi connectivity index (χ4n) is 2.87. The second-order valence-corrected chi connectivity index (χ2v) is 5.50. The Labute approximate surface area is 124 Å². The van der Waals surface area contributed by atoms with Crippen molar-refractivity contribution < 1.29 is 13.9 Å². The minimum Gasteiger partial charge on any atom is -0.453 e. The molecule has 1 aliphatic heterocycles. The molecule has 4 heteroatoms. The topological polar surface area (TPSA) is 42.7 Å². The average molecular weight is 287 g/mol. The number of rotatable bonds is 5. The van der Waals surface area contributed by atoms with Crippen LogP contribution < -0.4 is 0 Å². The molecule has 4 nitrogen and oxygen atoms in total. The highest BCUT2D eigenvalue weighted by Gasteiger charge is 2.22. The number of carbonyl (C=O) groups is 1. The molecule has 1 saturated heterocycles. The third kappa shape index (κ3) is 3.34. The van der Waals surface area contributed by atoms with E-state index in [4.69, 9.17) is 9.15 Å². The third-order valence-electron chi connectivity index (χ3n) is 4.00. The largest absolute Gasteiger partial charge is 0.453 e. The van der Waals surface area contributed by atoms with Crippen molar-refractivity contribution in [2.45, 2.75) is 25.9 Å². The van der Waals surface area contributed by atoms with Crippen molar-refractivity contribution in [2.24, 2.45) is 0 Å². The molecule has 1 aromatic heterocycles. The monoisotopic (exact) mass is 287 g/mol. The van der Waals surface area contributed by atoms with Gasteiger partial charge in [0.1, 0.15) is 5.58 Å². The second kappa shape index (κ2) is 6.41. The number of carbonyl (C=O) groups excluding carboxylic acids is 1. The summed E-state index contributed by atoms with van der Waals surface area (Å²) in [4.78, 5) is 14.5. The maximum atomic E-state index is 12.3. The molecule has 2 aromatic rings. The average Bonchev–Trinajstić information content (AvgIpc) is 2.94. The Kier molecular flexibility index (Phi) is 4.36. The number of hydrogen-bond donors (Lipinski definition) is 0. The summed E-state index contributed by atoms with van der Waals surface area (Å²) in [5, 5.41) is 0.982. The summed E-state index contributed by atoms with van der Waals surface area (Å²) in [6.45, 7) is 5.05. The van der Waals surface area contributed by atoms with Gasteiger partial charge in [0, 0.05) is 25.1 Å². The number of ketones is 1. The van der Waals surface area contributed by atoms with E-state index in [-0.39, 0.29) is 5.78 Å². The van der Waals surface area contributed by atoms with Crippen molar-refractivity contribution >= 4 is 16.8 Å². The van der Waals surface area contributed by atoms with Gasteiger partial charge in [-0.05, 0) is 31.9 Å². The predicted octanol–water partition coefficient (Wildman–Crippen LogP) is 3.12. The molecule has 1 fully saturated rings. The maximum Gasteiger partial charge on any atom is 0.211 e. The first-order chi connectivity index (χ1) is 10.3. The molecule has 0 atom stereocenters. The molecule has 0 saturated carbocycles. The van der Waals surface area contributed by atoms with Crippen molar-refractivity contribution in [1.82, 2.24) is 4.90 Å². The number of fused-ring (bicyclic) bond motifs is 1. The van der Waals surface area contributed by atoms with Crippen LogP contribution in [-0.4, -0.2) is 43.0 Å². The summed E-state index contributed by atoms with van der Waals surface area (Å²) in [6.07, 6.45) is 2.36. The van der Waals surface area contributed by atoms with Crippen LogP contribution in [0.4, 0.5) is 0 Å². The molecule has 0 spiro atoms. The normalized spacial score (nSPS) is 17.4. The molecule has 1 aromatic carbocycles. The van der Waals surface area contributed by atoms with Crippen LogP contribution in [0.5, 0.6) is 0 Å². The van der Waals surface area contributed by atoms with Gasteiger partial charge in [0.25, 0.3) is 0 Å². The fourth-order valence-corrected chi connectivity index (χ4v) is 2.87. The number of nitrogens with zero attached hydrogens (tertiary/aromatic N) is 1. The van der Waals surface area contributed by atoms with E-state index in [1.54, 1.807) is 0 Å². The Morgan fingerprint density at radius 3 is 2.81 bits per heavy atom. The molecule has 0 unspecified atom stereocenters. The lowest BCUT2D eigenvalue weighted by molar-refractivity contribution is 0.0145. The zero-order chi connectivity index (χ0) is 14.7. The summed E-state index contributed by atoms with van der Waals surface area (Å²) in [5.74, 6) is 0.518. The van der Waals surface area contributed by atoms with Crippen LogP contribution in [0, 0.1) is 0 Å². The number of furan rings is 1. The first-order valence-electron chi connectivity index (χ1n) is 7.62. The van der Waals surface area contributed by atoms with Crippen LogP contribution in [0.15, 0.2) is 34.7 Å². The first kappa shape index (κ1) is 14.3. The van der Waals surface area contributed by atoms with Gasteiger partial charge in [-0.1, -0.05) is 18.2 Å². The van der Waals surface area contributed by atoms with E-state index in [0.717, 1.165) is 43.5 Å². The standard InChI is InChI=1S/C17H21NO3/c1-2-20-14-7-9-18(10-8-14)12-15(19)17-11-13-5-3-4-6-16(13)21-17/h3-6,11,14H,2,7-10,12H2,1H3. The molecule has 0 amide bonds. The third-order valence-corrected chi connectivity index (χ3v) is 4.00. The lowest BCUT2D eigenvalue weighted by Gasteiger charge is -2.30. The van der Waals surface area contributed by atoms with Crippen LogP contribution in [-0.2, 0) is 4.74 Å². The Balaban J connectivity index is 1.59. The predicted molar refractivity (Wildman–Crippen MR) is 81.6 cm³/mol. The van der Waals surface area contributed by atoms with E-state index in [1.165, 1.54) is 0 Å². The van der Waals surface area contributed by atoms with E-state index in [1.807, 2.05) is 37.3 Å². The Bertz CT molecular complexity index is 578. The number of para-hydroxylation sites is 1. The van der Waals surface area contributed by atoms with Crippen LogP contribution in [0.25, 0.3) is 11.0 Å². The molecule has 21 heavy (non-hydrogen) atoms. The van der Waals surface area contributed by atoms with Crippen molar-refractivity contribution in [1.29, 1.82) is 0 Å². The number of Topliss-reactive ketones (excluding diaryl/α,β-unsaturated/α-hetero) is 1. The molecule has 0 aliphatic carbocycles. The van der Waals surface area contributed by atoms with Gasteiger partial charge in [0.05, 0.1) is 12.6 Å². The Morgan fingerprint density at radius 1 is 1.33 bits per heavy atom. The molecular formula is C17H21NO3. The van der Waals surface area contributed by atoms with E-state index < -0.39 is 0 Å². The number of benzene rings is 1. The fraction of sp³-hybridized carbons (Fsp3) is 0.471. The smallest absolute Gasteiger partial charge is 0.211 e. The van der Waals surface area contributed by atoms with Crippen molar-refractivity contribution in [3.05, 3.63) is 36.1 Å². The SMILES string of the molecule is CCOC1CCN(CC(=O)c2cc3ccccc3o2)CC1. The van der Waals surface area contributed by atoms with E-state index in [2.05, 4.69) is 4.90 Å². The van der Waals surface area contributed by atoms with Gasteiger partial charge in [-0.2, -0.15) is 0 Å². The van der Waals surface area contributed by atoms with Crippen molar-refractivity contribution in [2.75, 3.05) is 26.2 Å². The minimum absolute atomic E-state index is 0.0565. The highest BCUT2D eigenvalue weighted by Crippen LogP contribution is 2.20. The highest BCUT2D eigenvalue weighted by atomic mass is 16.5.